The van der Waals surface area contributed by atoms with Crippen molar-refractivity contribution in [2.45, 2.75) is 26.7 Å². The molecule has 0 N–H and O–H groups in total. The molecule has 12 heavy (non-hydrogen) atoms. The molecule has 0 rings (SSSR count). The zero-order chi connectivity index (χ0) is 9.23. The zero-order valence-corrected chi connectivity index (χ0v) is 7.67. The number of ether oxygens (including phenoxy) is 1. The first-order chi connectivity index (χ1) is 5.85. The minimum atomic E-state index is 0.390. The fraction of sp³-hybridized carbons (Fsp3) is 0.667. The summed E-state index contributed by atoms with van der Waals surface area (Å²) >= 11 is 0. The number of nitrogens with zero attached hydrogens (tertiary/aromatic N) is 1. The maximum Gasteiger partial charge on any atom is 0.235 e. The van der Waals surface area contributed by atoms with Gasteiger partial charge in [0.05, 0.1) is 12.8 Å². The SMILES string of the molecule is CCC(=COCCN=C=O)CC. The van der Waals surface area contributed by atoms with Gasteiger partial charge in [0.15, 0.2) is 0 Å². The van der Waals surface area contributed by atoms with E-state index in [-0.39, 0.29) is 0 Å². The monoisotopic (exact) mass is 169 g/mol. The van der Waals surface area contributed by atoms with E-state index < -0.39 is 0 Å². The van der Waals surface area contributed by atoms with Crippen LogP contribution in [-0.2, 0) is 9.53 Å². The quantitative estimate of drug-likeness (QED) is 0.264. The molecule has 3 nitrogen and oxygen atoms in total. The Morgan fingerprint density at radius 2 is 2.17 bits per heavy atom. The molecule has 0 radical (unpaired) electrons. The first-order valence-electron chi connectivity index (χ1n) is 4.18. The average Bonchev–Trinajstić information content (AvgIpc) is 2.11. The minimum absolute atomic E-state index is 0.390. The lowest BCUT2D eigenvalue weighted by molar-refractivity contribution is 0.255. The molecule has 0 heterocycles. The lowest BCUT2D eigenvalue weighted by Crippen LogP contribution is -1.92. The Morgan fingerprint density at radius 3 is 2.67 bits per heavy atom. The second-order valence-corrected chi connectivity index (χ2v) is 2.33. The van der Waals surface area contributed by atoms with E-state index in [2.05, 4.69) is 18.8 Å². The molecule has 0 atom stereocenters. The predicted octanol–water partition coefficient (Wildman–Crippen LogP) is 2.04. The highest BCUT2D eigenvalue weighted by Gasteiger charge is 1.88. The van der Waals surface area contributed by atoms with Crippen LogP contribution in [-0.4, -0.2) is 19.2 Å². The van der Waals surface area contributed by atoms with Crippen LogP contribution in [0.4, 0.5) is 0 Å². The number of rotatable bonds is 6. The molecule has 0 aromatic heterocycles. The van der Waals surface area contributed by atoms with E-state index in [1.54, 1.807) is 6.26 Å². The molecule has 0 aromatic rings. The molecule has 0 bridgehead atoms. The van der Waals surface area contributed by atoms with Crippen LogP contribution in [0.3, 0.4) is 0 Å². The van der Waals surface area contributed by atoms with Crippen LogP contribution in [0, 0.1) is 0 Å². The van der Waals surface area contributed by atoms with Crippen LogP contribution >= 0.6 is 0 Å². The van der Waals surface area contributed by atoms with E-state index in [4.69, 9.17) is 4.74 Å². The lowest BCUT2D eigenvalue weighted by atomic mass is 10.2. The van der Waals surface area contributed by atoms with E-state index in [1.807, 2.05) is 0 Å². The molecule has 0 aliphatic carbocycles. The van der Waals surface area contributed by atoms with Crippen molar-refractivity contribution in [2.24, 2.45) is 4.99 Å². The molecule has 68 valence electrons. The molecule has 0 unspecified atom stereocenters. The Morgan fingerprint density at radius 1 is 1.50 bits per heavy atom. The third kappa shape index (κ3) is 5.69. The number of hydrogen-bond acceptors (Lipinski definition) is 3. The normalized spacial score (nSPS) is 8.50. The van der Waals surface area contributed by atoms with Crippen molar-refractivity contribution in [3.05, 3.63) is 11.8 Å². The highest BCUT2D eigenvalue weighted by atomic mass is 16.5. The first kappa shape index (κ1) is 10.9. The van der Waals surface area contributed by atoms with E-state index in [0.717, 1.165) is 12.8 Å². The third-order valence-electron chi connectivity index (χ3n) is 1.54. The van der Waals surface area contributed by atoms with Crippen LogP contribution in [0.1, 0.15) is 26.7 Å². The number of hydrogen-bond donors (Lipinski definition) is 0. The van der Waals surface area contributed by atoms with Gasteiger partial charge in [0.2, 0.25) is 6.08 Å². The van der Waals surface area contributed by atoms with E-state index in [9.17, 15) is 4.79 Å². The van der Waals surface area contributed by atoms with Crippen LogP contribution in [0.15, 0.2) is 16.8 Å². The number of aliphatic imine (C=N–C) groups is 1. The summed E-state index contributed by atoms with van der Waals surface area (Å²) < 4.78 is 5.14. The van der Waals surface area contributed by atoms with Crippen molar-refractivity contribution < 1.29 is 9.53 Å². The fourth-order valence-electron chi connectivity index (χ4n) is 0.737. The average molecular weight is 169 g/mol. The summed E-state index contributed by atoms with van der Waals surface area (Å²) in [5, 5.41) is 0. The molecule has 0 fully saturated rings. The molecule has 0 saturated carbocycles. The number of carbonyl (C=O) groups excluding carboxylic acids is 1. The molecule has 0 spiro atoms. The largest absolute Gasteiger partial charge is 0.499 e. The second-order valence-electron chi connectivity index (χ2n) is 2.33. The molecular weight excluding hydrogens is 154 g/mol. The Labute approximate surface area is 73.1 Å². The molecule has 0 amide bonds. The van der Waals surface area contributed by atoms with Gasteiger partial charge in [0.25, 0.3) is 0 Å². The molecule has 0 aliphatic rings. The van der Waals surface area contributed by atoms with Crippen molar-refractivity contribution >= 4 is 6.08 Å². The summed E-state index contributed by atoms with van der Waals surface area (Å²) in [4.78, 5) is 13.0. The van der Waals surface area contributed by atoms with Gasteiger partial charge in [-0.2, -0.15) is 0 Å². The summed E-state index contributed by atoms with van der Waals surface area (Å²) in [6.07, 6.45) is 5.22. The van der Waals surface area contributed by atoms with Gasteiger partial charge in [-0.1, -0.05) is 13.8 Å². The molecular formula is C9H15NO2. The summed E-state index contributed by atoms with van der Waals surface area (Å²) in [5.41, 5.74) is 1.27. The van der Waals surface area contributed by atoms with Gasteiger partial charge >= 0.3 is 0 Å². The van der Waals surface area contributed by atoms with Crippen LogP contribution < -0.4 is 0 Å². The van der Waals surface area contributed by atoms with E-state index in [0.29, 0.717) is 13.2 Å². The van der Waals surface area contributed by atoms with Crippen LogP contribution in [0.25, 0.3) is 0 Å². The minimum Gasteiger partial charge on any atom is -0.499 e. The van der Waals surface area contributed by atoms with Gasteiger partial charge in [-0.25, -0.2) is 9.79 Å². The number of isocyanates is 1. The van der Waals surface area contributed by atoms with Crippen LogP contribution in [0.5, 0.6) is 0 Å². The van der Waals surface area contributed by atoms with Gasteiger partial charge < -0.3 is 4.74 Å². The van der Waals surface area contributed by atoms with Gasteiger partial charge in [-0.05, 0) is 18.4 Å². The van der Waals surface area contributed by atoms with Crippen molar-refractivity contribution in [2.75, 3.05) is 13.2 Å². The van der Waals surface area contributed by atoms with Crippen molar-refractivity contribution in [3.8, 4) is 0 Å². The topological polar surface area (TPSA) is 38.7 Å². The second kappa shape index (κ2) is 8.02. The van der Waals surface area contributed by atoms with E-state index >= 15 is 0 Å². The Hall–Kier alpha value is -1.08. The fourth-order valence-corrected chi connectivity index (χ4v) is 0.737. The van der Waals surface area contributed by atoms with Gasteiger partial charge in [0.1, 0.15) is 6.61 Å². The highest BCUT2D eigenvalue weighted by molar-refractivity contribution is 5.32. The van der Waals surface area contributed by atoms with Crippen LogP contribution in [0.2, 0.25) is 0 Å². The predicted molar refractivity (Wildman–Crippen MR) is 47.6 cm³/mol. The highest BCUT2D eigenvalue weighted by Crippen LogP contribution is 2.04. The maximum atomic E-state index is 9.65. The lowest BCUT2D eigenvalue weighted by Gasteiger charge is -2.00. The van der Waals surface area contributed by atoms with Crippen molar-refractivity contribution in [1.29, 1.82) is 0 Å². The van der Waals surface area contributed by atoms with E-state index in [1.165, 1.54) is 11.7 Å². The molecule has 0 saturated heterocycles. The molecule has 0 aliphatic heterocycles. The summed E-state index contributed by atoms with van der Waals surface area (Å²) in [5.74, 6) is 0. The van der Waals surface area contributed by atoms with Gasteiger partial charge in [-0.3, -0.25) is 0 Å². The van der Waals surface area contributed by atoms with Gasteiger partial charge in [-0.15, -0.1) is 0 Å². The molecule has 0 aromatic carbocycles. The molecule has 3 heteroatoms. The Balaban J connectivity index is 3.50. The third-order valence-corrected chi connectivity index (χ3v) is 1.54. The Bertz CT molecular complexity index is 175. The first-order valence-corrected chi connectivity index (χ1v) is 4.18. The van der Waals surface area contributed by atoms with Crippen molar-refractivity contribution in [1.82, 2.24) is 0 Å². The van der Waals surface area contributed by atoms with Gasteiger partial charge in [0, 0.05) is 0 Å². The number of allylic oxidation sites excluding steroid dienone is 1. The zero-order valence-electron chi connectivity index (χ0n) is 7.67. The Kier molecular flexibility index (Phi) is 7.30. The van der Waals surface area contributed by atoms with Crippen molar-refractivity contribution in [3.63, 3.8) is 0 Å². The summed E-state index contributed by atoms with van der Waals surface area (Å²) in [7, 11) is 0. The summed E-state index contributed by atoms with van der Waals surface area (Å²) in [6.45, 7) is 5.02. The maximum absolute atomic E-state index is 9.65. The standard InChI is InChI=1S/C9H15NO2/c1-3-9(4-2)7-12-6-5-10-8-11/h7H,3-6H2,1-2H3. The summed E-state index contributed by atoms with van der Waals surface area (Å²) in [6, 6.07) is 0. The smallest absolute Gasteiger partial charge is 0.235 e.